The maximum Gasteiger partial charge on any atom is 0.409 e. The molecule has 0 aromatic carbocycles. The average molecular weight is 200 g/mol. The summed E-state index contributed by atoms with van der Waals surface area (Å²) in [5, 5.41) is 3.23. The van der Waals surface area contributed by atoms with E-state index >= 15 is 0 Å². The van der Waals surface area contributed by atoms with Crippen LogP contribution in [0.15, 0.2) is 0 Å². The standard InChI is InChI=1S/C10H20N2O2/c1-3-4-7-14-10(13)12(2)9-5-6-11-8-9/h9,11H,3-8H2,1-2H3/t9-/m1/s1. The number of rotatable bonds is 4. The van der Waals surface area contributed by atoms with Gasteiger partial charge in [-0.3, -0.25) is 0 Å². The molecule has 14 heavy (non-hydrogen) atoms. The van der Waals surface area contributed by atoms with Gasteiger partial charge in [-0.15, -0.1) is 0 Å². The molecule has 4 nitrogen and oxygen atoms in total. The molecule has 1 fully saturated rings. The molecule has 1 saturated heterocycles. The molecule has 0 bridgehead atoms. The zero-order valence-corrected chi connectivity index (χ0v) is 9.08. The summed E-state index contributed by atoms with van der Waals surface area (Å²) >= 11 is 0. The van der Waals surface area contributed by atoms with Gasteiger partial charge in [0.25, 0.3) is 0 Å². The molecule has 0 radical (unpaired) electrons. The predicted molar refractivity (Wildman–Crippen MR) is 55.3 cm³/mol. The topological polar surface area (TPSA) is 41.6 Å². The van der Waals surface area contributed by atoms with Crippen molar-refractivity contribution in [1.82, 2.24) is 10.2 Å². The molecule has 1 amide bonds. The second kappa shape index (κ2) is 5.86. The molecule has 1 aliphatic heterocycles. The Morgan fingerprint density at radius 3 is 3.00 bits per heavy atom. The maximum atomic E-state index is 11.5. The molecule has 1 rings (SSSR count). The van der Waals surface area contributed by atoms with Crippen molar-refractivity contribution in [3.63, 3.8) is 0 Å². The third-order valence-corrected chi connectivity index (χ3v) is 2.59. The Labute approximate surface area is 85.6 Å². The van der Waals surface area contributed by atoms with Gasteiger partial charge in [0.05, 0.1) is 6.61 Å². The molecule has 0 aromatic rings. The summed E-state index contributed by atoms with van der Waals surface area (Å²) in [5.74, 6) is 0. The van der Waals surface area contributed by atoms with Crippen LogP contribution in [0.1, 0.15) is 26.2 Å². The summed E-state index contributed by atoms with van der Waals surface area (Å²) in [6, 6.07) is 0.309. The van der Waals surface area contributed by atoms with Gasteiger partial charge < -0.3 is 15.0 Å². The van der Waals surface area contributed by atoms with Gasteiger partial charge in [0.1, 0.15) is 0 Å². The van der Waals surface area contributed by atoms with Crippen LogP contribution in [0.5, 0.6) is 0 Å². The Balaban J connectivity index is 2.21. The van der Waals surface area contributed by atoms with Crippen LogP contribution in [0.25, 0.3) is 0 Å². The highest BCUT2D eigenvalue weighted by Gasteiger charge is 2.23. The van der Waals surface area contributed by atoms with Gasteiger partial charge in [0.15, 0.2) is 0 Å². The van der Waals surface area contributed by atoms with Crippen LogP contribution in [0.4, 0.5) is 4.79 Å². The van der Waals surface area contributed by atoms with E-state index in [9.17, 15) is 4.79 Å². The number of carbonyl (C=O) groups is 1. The van der Waals surface area contributed by atoms with E-state index in [1.54, 1.807) is 4.90 Å². The summed E-state index contributed by atoms with van der Waals surface area (Å²) in [5.41, 5.74) is 0. The number of carbonyl (C=O) groups excluding carboxylic acids is 1. The number of hydrogen-bond acceptors (Lipinski definition) is 3. The second-order valence-corrected chi connectivity index (χ2v) is 3.73. The number of nitrogens with zero attached hydrogens (tertiary/aromatic N) is 1. The largest absolute Gasteiger partial charge is 0.449 e. The third kappa shape index (κ3) is 3.18. The monoisotopic (exact) mass is 200 g/mol. The third-order valence-electron chi connectivity index (χ3n) is 2.59. The zero-order valence-electron chi connectivity index (χ0n) is 9.08. The zero-order chi connectivity index (χ0) is 10.4. The number of ether oxygens (including phenoxy) is 1. The van der Waals surface area contributed by atoms with Crippen molar-refractivity contribution in [1.29, 1.82) is 0 Å². The van der Waals surface area contributed by atoms with Crippen LogP contribution in [0, 0.1) is 0 Å². The van der Waals surface area contributed by atoms with Gasteiger partial charge >= 0.3 is 6.09 Å². The average Bonchev–Trinajstić information content (AvgIpc) is 2.69. The minimum absolute atomic E-state index is 0.188. The highest BCUT2D eigenvalue weighted by Crippen LogP contribution is 2.07. The Bertz CT molecular complexity index is 179. The summed E-state index contributed by atoms with van der Waals surface area (Å²) in [6.45, 7) is 4.51. The lowest BCUT2D eigenvalue weighted by Gasteiger charge is -2.22. The van der Waals surface area contributed by atoms with Crippen LogP contribution in [-0.2, 0) is 4.74 Å². The fraction of sp³-hybridized carbons (Fsp3) is 0.900. The summed E-state index contributed by atoms with van der Waals surface area (Å²) in [6.07, 6.45) is 2.84. The Hall–Kier alpha value is -0.770. The summed E-state index contributed by atoms with van der Waals surface area (Å²) < 4.78 is 5.12. The van der Waals surface area contributed by atoms with E-state index in [0.29, 0.717) is 12.6 Å². The fourth-order valence-corrected chi connectivity index (χ4v) is 1.52. The van der Waals surface area contributed by atoms with E-state index in [1.807, 2.05) is 7.05 Å². The molecule has 0 unspecified atom stereocenters. The number of unbranched alkanes of at least 4 members (excludes halogenated alkanes) is 1. The molecule has 0 saturated carbocycles. The molecule has 1 N–H and O–H groups in total. The van der Waals surface area contributed by atoms with E-state index in [4.69, 9.17) is 4.74 Å². The quantitative estimate of drug-likeness (QED) is 0.694. The van der Waals surface area contributed by atoms with Gasteiger partial charge in [0, 0.05) is 19.6 Å². The normalized spacial score (nSPS) is 20.9. The van der Waals surface area contributed by atoms with Crippen molar-refractivity contribution < 1.29 is 9.53 Å². The minimum atomic E-state index is -0.188. The number of likely N-dealkylation sites (N-methyl/N-ethyl adjacent to an activating group) is 1. The smallest absolute Gasteiger partial charge is 0.409 e. The molecule has 82 valence electrons. The first kappa shape index (κ1) is 11.3. The number of nitrogens with one attached hydrogen (secondary N) is 1. The van der Waals surface area contributed by atoms with Crippen LogP contribution in [-0.4, -0.2) is 43.8 Å². The molecule has 0 spiro atoms. The molecule has 0 aliphatic carbocycles. The van der Waals surface area contributed by atoms with Gasteiger partial charge in [-0.05, 0) is 19.4 Å². The molecule has 1 aliphatic rings. The first-order valence-corrected chi connectivity index (χ1v) is 5.36. The Morgan fingerprint density at radius 1 is 1.64 bits per heavy atom. The predicted octanol–water partition coefficient (Wildman–Crippen LogP) is 1.22. The fourth-order valence-electron chi connectivity index (χ4n) is 1.52. The van der Waals surface area contributed by atoms with Crippen molar-refractivity contribution in [2.75, 3.05) is 26.7 Å². The van der Waals surface area contributed by atoms with Crippen molar-refractivity contribution in [3.8, 4) is 0 Å². The molecule has 4 heteroatoms. The van der Waals surface area contributed by atoms with Crippen LogP contribution < -0.4 is 5.32 Å². The number of hydrogen-bond donors (Lipinski definition) is 1. The Morgan fingerprint density at radius 2 is 2.43 bits per heavy atom. The van der Waals surface area contributed by atoms with Crippen molar-refractivity contribution >= 4 is 6.09 Å². The number of amides is 1. The lowest BCUT2D eigenvalue weighted by atomic mass is 10.2. The SMILES string of the molecule is CCCCOC(=O)N(C)[C@@H]1CCNC1. The molecule has 0 aromatic heterocycles. The van der Waals surface area contributed by atoms with Gasteiger partial charge in [-0.25, -0.2) is 4.79 Å². The first-order valence-electron chi connectivity index (χ1n) is 5.36. The minimum Gasteiger partial charge on any atom is -0.449 e. The van der Waals surface area contributed by atoms with Gasteiger partial charge in [0.2, 0.25) is 0 Å². The van der Waals surface area contributed by atoms with Gasteiger partial charge in [-0.1, -0.05) is 13.3 Å². The van der Waals surface area contributed by atoms with Gasteiger partial charge in [-0.2, -0.15) is 0 Å². The summed E-state index contributed by atoms with van der Waals surface area (Å²) in [7, 11) is 1.81. The molecule has 1 atom stereocenters. The van der Waals surface area contributed by atoms with E-state index in [1.165, 1.54) is 0 Å². The highest BCUT2D eigenvalue weighted by molar-refractivity contribution is 5.67. The Kier molecular flexibility index (Phi) is 4.73. The van der Waals surface area contributed by atoms with Crippen molar-refractivity contribution in [3.05, 3.63) is 0 Å². The van der Waals surface area contributed by atoms with E-state index in [-0.39, 0.29) is 6.09 Å². The molecular formula is C10H20N2O2. The highest BCUT2D eigenvalue weighted by atomic mass is 16.6. The maximum absolute atomic E-state index is 11.5. The lowest BCUT2D eigenvalue weighted by Crippen LogP contribution is -2.38. The molecular weight excluding hydrogens is 180 g/mol. The van der Waals surface area contributed by atoms with Crippen molar-refractivity contribution in [2.45, 2.75) is 32.2 Å². The van der Waals surface area contributed by atoms with Crippen LogP contribution >= 0.6 is 0 Å². The van der Waals surface area contributed by atoms with E-state index in [0.717, 1.165) is 32.4 Å². The van der Waals surface area contributed by atoms with E-state index in [2.05, 4.69) is 12.2 Å². The van der Waals surface area contributed by atoms with Crippen molar-refractivity contribution in [2.24, 2.45) is 0 Å². The first-order chi connectivity index (χ1) is 6.75. The molecule has 1 heterocycles. The van der Waals surface area contributed by atoms with Crippen LogP contribution in [0.3, 0.4) is 0 Å². The van der Waals surface area contributed by atoms with Crippen LogP contribution in [0.2, 0.25) is 0 Å². The summed E-state index contributed by atoms with van der Waals surface area (Å²) in [4.78, 5) is 13.2. The van der Waals surface area contributed by atoms with E-state index < -0.39 is 0 Å². The lowest BCUT2D eigenvalue weighted by molar-refractivity contribution is 0.0984. The second-order valence-electron chi connectivity index (χ2n) is 3.73.